The molecular formula is C23H26N4O2. The van der Waals surface area contributed by atoms with Crippen LogP contribution in [-0.4, -0.2) is 47.7 Å². The fourth-order valence-corrected chi connectivity index (χ4v) is 3.27. The van der Waals surface area contributed by atoms with Gasteiger partial charge in [-0.3, -0.25) is 9.88 Å². The lowest BCUT2D eigenvalue weighted by molar-refractivity contribution is -0.0349. The van der Waals surface area contributed by atoms with Gasteiger partial charge in [0.2, 0.25) is 0 Å². The molecule has 1 aromatic carbocycles. The lowest BCUT2D eigenvalue weighted by Gasteiger charge is -2.32. The highest BCUT2D eigenvalue weighted by atomic mass is 16.5. The topological polar surface area (TPSA) is 59.5 Å². The normalized spacial score (nSPS) is 17.1. The summed E-state index contributed by atoms with van der Waals surface area (Å²) >= 11 is 0. The molecule has 1 fully saturated rings. The second-order valence-electron chi connectivity index (χ2n) is 7.13. The summed E-state index contributed by atoms with van der Waals surface area (Å²) in [5.41, 5.74) is 3.09. The third kappa shape index (κ3) is 5.53. The number of morpholine rings is 1. The van der Waals surface area contributed by atoms with Gasteiger partial charge in [-0.1, -0.05) is 23.8 Å². The average molecular weight is 390 g/mol. The van der Waals surface area contributed by atoms with E-state index in [4.69, 9.17) is 9.47 Å². The lowest BCUT2D eigenvalue weighted by atomic mass is 10.2. The third-order valence-corrected chi connectivity index (χ3v) is 4.90. The summed E-state index contributed by atoms with van der Waals surface area (Å²) in [6.45, 7) is 6.03. The summed E-state index contributed by atoms with van der Waals surface area (Å²) in [6, 6.07) is 18.0. The van der Waals surface area contributed by atoms with Crippen molar-refractivity contribution in [1.82, 2.24) is 14.9 Å². The van der Waals surface area contributed by atoms with Crippen LogP contribution in [0.15, 0.2) is 67.0 Å². The SMILES string of the molecule is Cc1ccc(OCCN2CCO[C@H](c3ccc(Nc4ccccn4)cn3)C2)cc1. The molecule has 3 heterocycles. The van der Waals surface area contributed by atoms with Crippen LogP contribution in [-0.2, 0) is 4.74 Å². The molecule has 1 aliphatic rings. The Hall–Kier alpha value is -2.96. The van der Waals surface area contributed by atoms with Crippen molar-refractivity contribution < 1.29 is 9.47 Å². The van der Waals surface area contributed by atoms with Crippen molar-refractivity contribution in [3.05, 3.63) is 78.2 Å². The van der Waals surface area contributed by atoms with Crippen LogP contribution in [0.25, 0.3) is 0 Å². The van der Waals surface area contributed by atoms with Crippen LogP contribution in [0.2, 0.25) is 0 Å². The van der Waals surface area contributed by atoms with E-state index in [-0.39, 0.29) is 6.10 Å². The number of ether oxygens (including phenoxy) is 2. The van der Waals surface area contributed by atoms with Crippen LogP contribution in [0.3, 0.4) is 0 Å². The summed E-state index contributed by atoms with van der Waals surface area (Å²) in [5.74, 6) is 1.72. The van der Waals surface area contributed by atoms with Gasteiger partial charge in [0.1, 0.15) is 24.3 Å². The predicted molar refractivity (Wildman–Crippen MR) is 114 cm³/mol. The highest BCUT2D eigenvalue weighted by Gasteiger charge is 2.22. The maximum Gasteiger partial charge on any atom is 0.130 e. The molecule has 1 saturated heterocycles. The highest BCUT2D eigenvalue weighted by molar-refractivity contribution is 5.54. The number of hydrogen-bond donors (Lipinski definition) is 1. The Morgan fingerprint density at radius 3 is 2.76 bits per heavy atom. The van der Waals surface area contributed by atoms with Gasteiger partial charge in [0.05, 0.1) is 24.2 Å². The first-order chi connectivity index (χ1) is 14.3. The van der Waals surface area contributed by atoms with Gasteiger partial charge >= 0.3 is 0 Å². The van der Waals surface area contributed by atoms with Crippen molar-refractivity contribution in [1.29, 1.82) is 0 Å². The van der Waals surface area contributed by atoms with Gasteiger partial charge in [0, 0.05) is 25.8 Å². The van der Waals surface area contributed by atoms with E-state index in [2.05, 4.69) is 39.2 Å². The Labute approximate surface area is 171 Å². The van der Waals surface area contributed by atoms with Gasteiger partial charge in [-0.05, 0) is 43.3 Å². The highest BCUT2D eigenvalue weighted by Crippen LogP contribution is 2.22. The molecular weight excluding hydrogens is 364 g/mol. The molecule has 150 valence electrons. The van der Waals surface area contributed by atoms with E-state index in [1.165, 1.54) is 5.56 Å². The zero-order valence-corrected chi connectivity index (χ0v) is 16.6. The molecule has 1 atom stereocenters. The van der Waals surface area contributed by atoms with Crippen LogP contribution < -0.4 is 10.1 Å². The summed E-state index contributed by atoms with van der Waals surface area (Å²) < 4.78 is 11.8. The van der Waals surface area contributed by atoms with Crippen molar-refractivity contribution in [3.8, 4) is 5.75 Å². The summed E-state index contributed by atoms with van der Waals surface area (Å²) in [7, 11) is 0. The molecule has 1 aliphatic heterocycles. The maximum absolute atomic E-state index is 5.95. The number of anilines is 2. The Morgan fingerprint density at radius 1 is 1.10 bits per heavy atom. The van der Waals surface area contributed by atoms with Gasteiger partial charge in [-0.2, -0.15) is 0 Å². The van der Waals surface area contributed by atoms with Crippen molar-refractivity contribution in [2.24, 2.45) is 0 Å². The van der Waals surface area contributed by atoms with E-state index in [0.717, 1.165) is 42.6 Å². The molecule has 6 nitrogen and oxygen atoms in total. The second kappa shape index (κ2) is 9.49. The molecule has 1 N–H and O–H groups in total. The van der Waals surface area contributed by atoms with Crippen molar-refractivity contribution in [3.63, 3.8) is 0 Å². The largest absolute Gasteiger partial charge is 0.492 e. The third-order valence-electron chi connectivity index (χ3n) is 4.90. The number of benzene rings is 1. The molecule has 0 amide bonds. The van der Waals surface area contributed by atoms with Gasteiger partial charge in [-0.25, -0.2) is 4.98 Å². The first-order valence-corrected chi connectivity index (χ1v) is 9.94. The van der Waals surface area contributed by atoms with E-state index in [9.17, 15) is 0 Å². The monoisotopic (exact) mass is 390 g/mol. The molecule has 0 aliphatic carbocycles. The second-order valence-corrected chi connectivity index (χ2v) is 7.13. The van der Waals surface area contributed by atoms with E-state index in [1.54, 1.807) is 6.20 Å². The molecule has 29 heavy (non-hydrogen) atoms. The first kappa shape index (κ1) is 19.4. The summed E-state index contributed by atoms with van der Waals surface area (Å²) in [5, 5.41) is 3.25. The zero-order chi connectivity index (χ0) is 19.9. The van der Waals surface area contributed by atoms with Crippen LogP contribution >= 0.6 is 0 Å². The van der Waals surface area contributed by atoms with Gasteiger partial charge in [-0.15, -0.1) is 0 Å². The number of nitrogens with one attached hydrogen (secondary N) is 1. The van der Waals surface area contributed by atoms with Gasteiger partial charge < -0.3 is 14.8 Å². The van der Waals surface area contributed by atoms with Gasteiger partial charge in [0.25, 0.3) is 0 Å². The van der Waals surface area contributed by atoms with E-state index in [0.29, 0.717) is 13.2 Å². The van der Waals surface area contributed by atoms with Crippen molar-refractivity contribution >= 4 is 11.5 Å². The smallest absolute Gasteiger partial charge is 0.130 e. The molecule has 0 bridgehead atoms. The Morgan fingerprint density at radius 2 is 2.00 bits per heavy atom. The van der Waals surface area contributed by atoms with Crippen LogP contribution in [0.4, 0.5) is 11.5 Å². The van der Waals surface area contributed by atoms with Gasteiger partial charge in [0.15, 0.2) is 0 Å². The van der Waals surface area contributed by atoms with Crippen molar-refractivity contribution in [2.75, 3.05) is 38.2 Å². The first-order valence-electron chi connectivity index (χ1n) is 9.94. The summed E-state index contributed by atoms with van der Waals surface area (Å²) in [6.07, 6.45) is 3.57. The fraction of sp³-hybridized carbons (Fsp3) is 0.304. The summed E-state index contributed by atoms with van der Waals surface area (Å²) in [4.78, 5) is 11.2. The Balaban J connectivity index is 1.28. The minimum atomic E-state index is -0.0213. The fourth-order valence-electron chi connectivity index (χ4n) is 3.27. The van der Waals surface area contributed by atoms with Crippen LogP contribution in [0, 0.1) is 6.92 Å². The number of aromatic nitrogens is 2. The molecule has 2 aromatic heterocycles. The molecule has 6 heteroatoms. The van der Waals surface area contributed by atoms with Crippen molar-refractivity contribution in [2.45, 2.75) is 13.0 Å². The number of aryl methyl sites for hydroxylation is 1. The molecule has 4 rings (SSSR count). The minimum Gasteiger partial charge on any atom is -0.492 e. The minimum absolute atomic E-state index is 0.0213. The molecule has 0 spiro atoms. The average Bonchev–Trinajstić information content (AvgIpc) is 2.77. The predicted octanol–water partition coefficient (Wildman–Crippen LogP) is 3.98. The standard InChI is InChI=1S/C23H26N4O2/c1-18-5-8-20(9-6-18)28-14-12-27-13-15-29-22(17-27)21-10-7-19(16-25-21)26-23-4-2-3-11-24-23/h2-11,16,22H,12-15,17H2,1H3,(H,24,26)/t22-/m0/s1. The Kier molecular flexibility index (Phi) is 6.34. The molecule has 0 radical (unpaired) electrons. The Bertz CT molecular complexity index is 885. The molecule has 0 unspecified atom stereocenters. The van der Waals surface area contributed by atoms with E-state index in [1.807, 2.05) is 48.7 Å². The quantitative estimate of drug-likeness (QED) is 0.658. The van der Waals surface area contributed by atoms with E-state index >= 15 is 0 Å². The number of nitrogens with zero attached hydrogens (tertiary/aromatic N) is 3. The lowest BCUT2D eigenvalue weighted by Crippen LogP contribution is -2.40. The molecule has 0 saturated carbocycles. The maximum atomic E-state index is 5.95. The van der Waals surface area contributed by atoms with E-state index < -0.39 is 0 Å². The van der Waals surface area contributed by atoms with Crippen LogP contribution in [0.5, 0.6) is 5.75 Å². The number of pyridine rings is 2. The number of rotatable bonds is 7. The molecule has 3 aromatic rings. The number of hydrogen-bond acceptors (Lipinski definition) is 6. The van der Waals surface area contributed by atoms with Crippen LogP contribution in [0.1, 0.15) is 17.4 Å². The zero-order valence-electron chi connectivity index (χ0n) is 16.6.